The molecule has 0 aromatic heterocycles. The smallest absolute Gasteiger partial charge is 0.145 e. The van der Waals surface area contributed by atoms with Crippen LogP contribution in [0.25, 0.3) is 0 Å². The Bertz CT molecular complexity index is 366. The molecule has 0 amide bonds. The van der Waals surface area contributed by atoms with Crippen molar-refractivity contribution in [3.05, 3.63) is 34.1 Å². The zero-order valence-corrected chi connectivity index (χ0v) is 10.0. The summed E-state index contributed by atoms with van der Waals surface area (Å²) >= 11 is 3.27. The van der Waals surface area contributed by atoms with E-state index in [9.17, 15) is 4.39 Å². The normalized spacial score (nSPS) is 11.6. The topological polar surface area (TPSA) is 50.4 Å². The van der Waals surface area contributed by atoms with Gasteiger partial charge in [-0.25, -0.2) is 10.2 Å². The highest BCUT2D eigenvalue weighted by atomic mass is 79.9. The van der Waals surface area contributed by atoms with E-state index in [0.717, 1.165) is 10.9 Å². The summed E-state index contributed by atoms with van der Waals surface area (Å²) in [4.78, 5) is 4.15. The third kappa shape index (κ3) is 3.28. The molecule has 0 radical (unpaired) electrons. The molecule has 0 heterocycles. The monoisotopic (exact) mass is 273 g/mol. The van der Waals surface area contributed by atoms with E-state index in [1.807, 2.05) is 6.92 Å². The molecule has 0 aliphatic heterocycles. The van der Waals surface area contributed by atoms with Crippen molar-refractivity contribution in [2.24, 2.45) is 10.8 Å². The van der Waals surface area contributed by atoms with Crippen molar-refractivity contribution < 1.29 is 4.39 Å². The van der Waals surface area contributed by atoms with Gasteiger partial charge in [-0.15, -0.1) is 0 Å². The third-order valence-electron chi connectivity index (χ3n) is 1.81. The average molecular weight is 274 g/mol. The Kier molecular flexibility index (Phi) is 4.71. The van der Waals surface area contributed by atoms with Crippen LogP contribution in [0.3, 0.4) is 0 Å². The number of rotatable bonds is 3. The van der Waals surface area contributed by atoms with E-state index in [1.165, 1.54) is 6.07 Å². The molecule has 15 heavy (non-hydrogen) atoms. The summed E-state index contributed by atoms with van der Waals surface area (Å²) in [6.45, 7) is 2.61. The average Bonchev–Trinajstić information content (AvgIpc) is 2.24. The minimum absolute atomic E-state index is 0.342. The van der Waals surface area contributed by atoms with Crippen LogP contribution < -0.4 is 11.3 Å². The Hall–Kier alpha value is -0.940. The summed E-state index contributed by atoms with van der Waals surface area (Å²) < 4.78 is 14.2. The van der Waals surface area contributed by atoms with Gasteiger partial charge in [-0.3, -0.25) is 4.99 Å². The Balaban J connectivity index is 3.05. The lowest BCUT2D eigenvalue weighted by Crippen LogP contribution is -2.32. The summed E-state index contributed by atoms with van der Waals surface area (Å²) in [6, 6.07) is 4.65. The van der Waals surface area contributed by atoms with Crippen LogP contribution in [0.1, 0.15) is 18.9 Å². The van der Waals surface area contributed by atoms with Gasteiger partial charge in [0.1, 0.15) is 11.7 Å². The number of benzene rings is 1. The quantitative estimate of drug-likeness (QED) is 0.384. The van der Waals surface area contributed by atoms with Crippen LogP contribution in [-0.4, -0.2) is 12.4 Å². The summed E-state index contributed by atoms with van der Waals surface area (Å²) in [5.41, 5.74) is 2.79. The van der Waals surface area contributed by atoms with E-state index in [1.54, 1.807) is 12.1 Å². The van der Waals surface area contributed by atoms with Crippen molar-refractivity contribution in [3.63, 3.8) is 0 Å². The Morgan fingerprint density at radius 3 is 2.93 bits per heavy atom. The number of aliphatic imine (C=N–C) groups is 1. The van der Waals surface area contributed by atoms with E-state index in [2.05, 4.69) is 26.3 Å². The van der Waals surface area contributed by atoms with E-state index >= 15 is 0 Å². The van der Waals surface area contributed by atoms with Crippen LogP contribution in [0.2, 0.25) is 0 Å². The van der Waals surface area contributed by atoms with Crippen molar-refractivity contribution in [3.8, 4) is 0 Å². The molecule has 0 fully saturated rings. The van der Waals surface area contributed by atoms with Crippen LogP contribution in [0.5, 0.6) is 0 Å². The van der Waals surface area contributed by atoms with Crippen molar-refractivity contribution in [1.29, 1.82) is 0 Å². The molecule has 0 aliphatic rings. The first-order valence-corrected chi connectivity index (χ1v) is 5.44. The largest absolute Gasteiger partial charge is 0.308 e. The highest BCUT2D eigenvalue weighted by Crippen LogP contribution is 2.15. The number of nitrogens with zero attached hydrogens (tertiary/aromatic N) is 1. The number of halogens is 2. The van der Waals surface area contributed by atoms with E-state index in [0.29, 0.717) is 17.9 Å². The van der Waals surface area contributed by atoms with Crippen molar-refractivity contribution in [2.45, 2.75) is 13.3 Å². The molecule has 5 heteroatoms. The predicted octanol–water partition coefficient (Wildman–Crippen LogP) is 2.21. The summed E-state index contributed by atoms with van der Waals surface area (Å²) in [7, 11) is 0. The van der Waals surface area contributed by atoms with Gasteiger partial charge in [0.2, 0.25) is 0 Å². The second kappa shape index (κ2) is 5.82. The predicted molar refractivity (Wildman–Crippen MR) is 63.1 cm³/mol. The van der Waals surface area contributed by atoms with Crippen molar-refractivity contribution in [1.82, 2.24) is 5.43 Å². The van der Waals surface area contributed by atoms with Crippen LogP contribution in [0.15, 0.2) is 27.7 Å². The van der Waals surface area contributed by atoms with Crippen LogP contribution in [0, 0.1) is 5.82 Å². The molecule has 0 saturated carbocycles. The van der Waals surface area contributed by atoms with Crippen LogP contribution >= 0.6 is 15.9 Å². The number of hydrazine groups is 1. The van der Waals surface area contributed by atoms with Gasteiger partial charge in [-0.1, -0.05) is 22.9 Å². The lowest BCUT2D eigenvalue weighted by Gasteiger charge is -2.07. The first-order valence-electron chi connectivity index (χ1n) is 4.65. The molecular formula is C10H13BrFN3. The summed E-state index contributed by atoms with van der Waals surface area (Å²) in [5.74, 6) is 5.33. The fourth-order valence-electron chi connectivity index (χ4n) is 1.11. The second-order valence-corrected chi connectivity index (χ2v) is 3.91. The van der Waals surface area contributed by atoms with E-state index in [4.69, 9.17) is 5.84 Å². The highest BCUT2D eigenvalue weighted by Gasteiger charge is 2.08. The minimum Gasteiger partial charge on any atom is -0.308 e. The van der Waals surface area contributed by atoms with Gasteiger partial charge < -0.3 is 5.43 Å². The summed E-state index contributed by atoms with van der Waals surface area (Å²) in [6.07, 6.45) is 0.890. The maximum absolute atomic E-state index is 13.4. The van der Waals surface area contributed by atoms with Gasteiger partial charge in [-0.05, 0) is 24.6 Å². The minimum atomic E-state index is -0.342. The number of nitrogens with one attached hydrogen (secondary N) is 1. The molecule has 1 rings (SSSR count). The number of hydrogen-bond acceptors (Lipinski definition) is 2. The highest BCUT2D eigenvalue weighted by molar-refractivity contribution is 9.10. The molecule has 0 spiro atoms. The maximum Gasteiger partial charge on any atom is 0.145 e. The fraction of sp³-hybridized carbons (Fsp3) is 0.300. The zero-order chi connectivity index (χ0) is 11.3. The number of nitrogens with two attached hydrogens (primary N) is 1. The van der Waals surface area contributed by atoms with Crippen LogP contribution in [-0.2, 0) is 0 Å². The molecule has 0 saturated heterocycles. The van der Waals surface area contributed by atoms with Crippen LogP contribution in [0.4, 0.5) is 4.39 Å². The van der Waals surface area contributed by atoms with Gasteiger partial charge in [0, 0.05) is 11.0 Å². The van der Waals surface area contributed by atoms with Gasteiger partial charge in [0.15, 0.2) is 0 Å². The lowest BCUT2D eigenvalue weighted by atomic mass is 10.2. The van der Waals surface area contributed by atoms with E-state index < -0.39 is 0 Å². The lowest BCUT2D eigenvalue weighted by molar-refractivity contribution is 0.623. The summed E-state index contributed by atoms with van der Waals surface area (Å²) in [5, 5.41) is 0. The molecular weight excluding hydrogens is 261 g/mol. The zero-order valence-electron chi connectivity index (χ0n) is 8.43. The third-order valence-corrected chi connectivity index (χ3v) is 2.31. The molecule has 0 aliphatic carbocycles. The molecule has 82 valence electrons. The fourth-order valence-corrected chi connectivity index (χ4v) is 1.47. The van der Waals surface area contributed by atoms with Gasteiger partial charge >= 0.3 is 0 Å². The molecule has 0 bridgehead atoms. The SMILES string of the molecule is CCCN=C(NN)c1cc(Br)ccc1F. The van der Waals surface area contributed by atoms with Crippen molar-refractivity contribution >= 4 is 21.8 Å². The standard InChI is InChI=1S/C10H13BrFN3/c1-2-5-14-10(15-13)8-6-7(11)3-4-9(8)12/h3-4,6H,2,5,13H2,1H3,(H,14,15). The Labute approximate surface area is 96.7 Å². The van der Waals surface area contributed by atoms with Gasteiger partial charge in [0.25, 0.3) is 0 Å². The molecule has 0 unspecified atom stereocenters. The van der Waals surface area contributed by atoms with E-state index in [-0.39, 0.29) is 5.82 Å². The molecule has 1 aromatic rings. The number of amidine groups is 1. The maximum atomic E-state index is 13.4. The molecule has 0 atom stereocenters. The van der Waals surface area contributed by atoms with Gasteiger partial charge in [0.05, 0.1) is 5.56 Å². The van der Waals surface area contributed by atoms with Gasteiger partial charge in [-0.2, -0.15) is 0 Å². The molecule has 1 aromatic carbocycles. The first kappa shape index (κ1) is 12.1. The molecule has 3 nitrogen and oxygen atoms in total. The molecule has 3 N–H and O–H groups in total. The Morgan fingerprint density at radius 1 is 1.60 bits per heavy atom. The van der Waals surface area contributed by atoms with Crippen molar-refractivity contribution in [2.75, 3.05) is 6.54 Å². The second-order valence-electron chi connectivity index (χ2n) is 3.00. The Morgan fingerprint density at radius 2 is 2.33 bits per heavy atom. The number of hydrogen-bond donors (Lipinski definition) is 2. The first-order chi connectivity index (χ1) is 7.19.